The third-order valence-corrected chi connectivity index (χ3v) is 8.56. The second kappa shape index (κ2) is 17.1. The standard InChI is InChI=1S/C30H34ClN5O5S.2ClH/c1-2-40-29(37)21-42(38,39)36(16-6-8-22-7-5-9-23(19-22)30(32)33)24-11-12-27(26(31)20-24)41-25-13-17-35(18-14-25)28-10-3-4-15-34-28;;/h3-12,15,19-20,25H,2,13-14,16-18,21H2,1H3,(H3,32,33);2*1H/b8-6+;;. The van der Waals surface area contributed by atoms with Crippen molar-refractivity contribution < 1.29 is 22.7 Å². The molecule has 0 spiro atoms. The molecule has 14 heteroatoms. The van der Waals surface area contributed by atoms with Crippen molar-refractivity contribution in [3.8, 4) is 5.75 Å². The summed E-state index contributed by atoms with van der Waals surface area (Å²) in [7, 11) is -4.12. The van der Waals surface area contributed by atoms with Crippen LogP contribution in [0.5, 0.6) is 5.75 Å². The van der Waals surface area contributed by atoms with Gasteiger partial charge in [-0.2, -0.15) is 0 Å². The number of anilines is 2. The molecular weight excluding hydrogens is 649 g/mol. The van der Waals surface area contributed by atoms with E-state index >= 15 is 0 Å². The molecule has 4 rings (SSSR count). The number of nitrogens with two attached hydrogens (primary N) is 1. The van der Waals surface area contributed by atoms with Crippen LogP contribution in [0, 0.1) is 5.41 Å². The molecule has 1 aliphatic heterocycles. The van der Waals surface area contributed by atoms with Crippen molar-refractivity contribution in [1.29, 1.82) is 5.41 Å². The number of nitrogens with zero attached hydrogens (tertiary/aromatic N) is 3. The Labute approximate surface area is 275 Å². The van der Waals surface area contributed by atoms with Gasteiger partial charge in [0.2, 0.25) is 10.0 Å². The number of rotatable bonds is 12. The van der Waals surface area contributed by atoms with Crippen LogP contribution in [0.2, 0.25) is 5.02 Å². The molecule has 0 radical (unpaired) electrons. The number of carbonyl (C=O) groups excluding carboxylic acids is 1. The van der Waals surface area contributed by atoms with Gasteiger partial charge in [0.15, 0.2) is 5.75 Å². The lowest BCUT2D eigenvalue weighted by Gasteiger charge is -2.33. The zero-order valence-electron chi connectivity index (χ0n) is 24.1. The van der Waals surface area contributed by atoms with Crippen molar-refractivity contribution in [2.45, 2.75) is 25.9 Å². The SMILES string of the molecule is CCOC(=O)CS(=O)(=O)N(C/C=C/c1cccc(C(=N)N)c1)c1ccc(OC2CCN(c3ccccn3)CC2)c(Cl)c1.Cl.Cl. The topological polar surface area (TPSA) is 139 Å². The summed E-state index contributed by atoms with van der Waals surface area (Å²) in [6.07, 6.45) is 6.66. The van der Waals surface area contributed by atoms with Gasteiger partial charge in [0.1, 0.15) is 23.5 Å². The minimum absolute atomic E-state index is 0. The van der Waals surface area contributed by atoms with Gasteiger partial charge in [-0.15, -0.1) is 24.8 Å². The molecule has 1 aliphatic rings. The Morgan fingerprint density at radius 3 is 2.52 bits per heavy atom. The summed E-state index contributed by atoms with van der Waals surface area (Å²) in [6.45, 7) is 3.19. The number of esters is 1. The van der Waals surface area contributed by atoms with E-state index in [9.17, 15) is 13.2 Å². The number of nitrogen functional groups attached to an aromatic ring is 1. The normalized spacial score (nSPS) is 13.5. The second-order valence-electron chi connectivity index (χ2n) is 9.64. The van der Waals surface area contributed by atoms with Crippen LogP contribution in [0.4, 0.5) is 11.5 Å². The molecule has 0 amide bonds. The van der Waals surface area contributed by atoms with Crippen LogP contribution in [0.15, 0.2) is 72.9 Å². The fourth-order valence-corrected chi connectivity index (χ4v) is 6.07. The molecule has 0 atom stereocenters. The van der Waals surface area contributed by atoms with Crippen LogP contribution in [0.1, 0.15) is 30.9 Å². The molecule has 1 aromatic heterocycles. The predicted molar refractivity (Wildman–Crippen MR) is 180 cm³/mol. The number of ether oxygens (including phenoxy) is 2. The van der Waals surface area contributed by atoms with Gasteiger partial charge < -0.3 is 20.1 Å². The van der Waals surface area contributed by atoms with E-state index < -0.39 is 21.7 Å². The molecular formula is C30H36Cl3N5O5S. The van der Waals surface area contributed by atoms with Gasteiger partial charge >= 0.3 is 5.97 Å². The highest BCUT2D eigenvalue weighted by Crippen LogP contribution is 2.33. The minimum Gasteiger partial charge on any atom is -0.489 e. The Morgan fingerprint density at radius 2 is 1.89 bits per heavy atom. The van der Waals surface area contributed by atoms with Gasteiger partial charge in [-0.05, 0) is 48.9 Å². The maximum Gasteiger partial charge on any atom is 0.323 e. The van der Waals surface area contributed by atoms with Gasteiger partial charge in [0, 0.05) is 37.7 Å². The molecule has 10 nitrogen and oxygen atoms in total. The van der Waals surface area contributed by atoms with Crippen molar-refractivity contribution in [1.82, 2.24) is 4.98 Å². The number of nitrogens with one attached hydrogen (secondary N) is 1. The van der Waals surface area contributed by atoms with Gasteiger partial charge in [-0.25, -0.2) is 13.4 Å². The van der Waals surface area contributed by atoms with E-state index in [0.717, 1.165) is 41.6 Å². The third kappa shape index (κ3) is 10.0. The summed E-state index contributed by atoms with van der Waals surface area (Å²) >= 11 is 6.59. The summed E-state index contributed by atoms with van der Waals surface area (Å²) in [4.78, 5) is 18.7. The summed E-state index contributed by atoms with van der Waals surface area (Å²) in [5.41, 5.74) is 7.15. The van der Waals surface area contributed by atoms with Gasteiger partial charge in [0.05, 0.1) is 23.9 Å². The van der Waals surface area contributed by atoms with Crippen LogP contribution in [-0.2, 0) is 19.6 Å². The zero-order valence-corrected chi connectivity index (χ0v) is 27.3. The number of sulfonamides is 1. The fraction of sp³-hybridized carbons (Fsp3) is 0.300. The van der Waals surface area contributed by atoms with Gasteiger partial charge in [-0.1, -0.05) is 48.0 Å². The Hall–Kier alpha value is -3.51. The average Bonchev–Trinajstić information content (AvgIpc) is 2.97. The number of pyridine rings is 1. The Morgan fingerprint density at radius 1 is 1.14 bits per heavy atom. The number of hydrogen-bond acceptors (Lipinski definition) is 8. The van der Waals surface area contributed by atoms with Crippen LogP contribution in [0.25, 0.3) is 6.08 Å². The van der Waals surface area contributed by atoms with Crippen LogP contribution in [-0.4, -0.2) is 63.3 Å². The Kier molecular flexibility index (Phi) is 14.3. The average molecular weight is 685 g/mol. The highest BCUT2D eigenvalue weighted by molar-refractivity contribution is 7.93. The zero-order chi connectivity index (χ0) is 30.1. The summed E-state index contributed by atoms with van der Waals surface area (Å²) in [6, 6.07) is 17.6. The summed E-state index contributed by atoms with van der Waals surface area (Å²) in [5, 5.41) is 7.89. The molecule has 44 heavy (non-hydrogen) atoms. The number of aromatic nitrogens is 1. The first kappa shape index (κ1) is 36.7. The van der Waals surface area contributed by atoms with Crippen LogP contribution < -0.4 is 19.7 Å². The summed E-state index contributed by atoms with van der Waals surface area (Å²) in [5.74, 6) is -0.346. The van der Waals surface area contributed by atoms with E-state index in [1.807, 2.05) is 24.3 Å². The highest BCUT2D eigenvalue weighted by Gasteiger charge is 2.27. The van der Waals surface area contributed by atoms with Crippen molar-refractivity contribution in [2.24, 2.45) is 5.73 Å². The molecule has 2 aromatic carbocycles. The molecule has 0 unspecified atom stereocenters. The first-order valence-electron chi connectivity index (χ1n) is 13.6. The molecule has 3 aromatic rings. The van der Waals surface area contributed by atoms with Crippen molar-refractivity contribution in [3.63, 3.8) is 0 Å². The van der Waals surface area contributed by atoms with Crippen molar-refractivity contribution in [2.75, 3.05) is 41.2 Å². The Balaban J connectivity index is 0.00000337. The van der Waals surface area contributed by atoms with E-state index in [4.69, 9.17) is 32.2 Å². The third-order valence-electron chi connectivity index (χ3n) is 6.63. The molecule has 3 N–H and O–H groups in total. The predicted octanol–water partition coefficient (Wildman–Crippen LogP) is 5.32. The highest BCUT2D eigenvalue weighted by atomic mass is 35.5. The Bertz CT molecular complexity index is 1540. The lowest BCUT2D eigenvalue weighted by molar-refractivity contribution is -0.139. The van der Waals surface area contributed by atoms with E-state index in [1.54, 1.807) is 55.6 Å². The van der Waals surface area contributed by atoms with Gasteiger partial charge in [-0.3, -0.25) is 14.5 Å². The van der Waals surface area contributed by atoms with Crippen molar-refractivity contribution >= 4 is 75.8 Å². The number of amidine groups is 1. The van der Waals surface area contributed by atoms with E-state index in [1.165, 1.54) is 6.07 Å². The number of benzene rings is 2. The molecule has 1 fully saturated rings. The minimum atomic E-state index is -4.12. The largest absolute Gasteiger partial charge is 0.489 e. The van der Waals surface area contributed by atoms with E-state index in [-0.39, 0.29) is 60.6 Å². The van der Waals surface area contributed by atoms with Crippen LogP contribution >= 0.6 is 36.4 Å². The molecule has 0 bridgehead atoms. The molecule has 0 saturated carbocycles. The first-order valence-corrected chi connectivity index (χ1v) is 15.5. The second-order valence-corrected chi connectivity index (χ2v) is 11.9. The lowest BCUT2D eigenvalue weighted by atomic mass is 10.1. The van der Waals surface area contributed by atoms with Crippen molar-refractivity contribution in [3.05, 3.63) is 89.1 Å². The molecule has 0 aliphatic carbocycles. The maximum atomic E-state index is 13.3. The lowest BCUT2D eigenvalue weighted by Crippen LogP contribution is -2.38. The summed E-state index contributed by atoms with van der Waals surface area (Å²) < 4.78 is 38.8. The number of hydrogen-bond donors (Lipinski definition) is 2. The number of carbonyl (C=O) groups is 1. The molecule has 1 saturated heterocycles. The van der Waals surface area contributed by atoms with Crippen LogP contribution in [0.3, 0.4) is 0 Å². The number of piperidine rings is 1. The first-order chi connectivity index (χ1) is 20.2. The number of halogens is 3. The molecule has 2 heterocycles. The molecule has 238 valence electrons. The smallest absolute Gasteiger partial charge is 0.323 e. The van der Waals surface area contributed by atoms with E-state index in [0.29, 0.717) is 11.3 Å². The quantitative estimate of drug-likeness (QED) is 0.149. The van der Waals surface area contributed by atoms with E-state index in [2.05, 4.69) is 9.88 Å². The monoisotopic (exact) mass is 683 g/mol. The maximum absolute atomic E-state index is 13.3. The fourth-order valence-electron chi connectivity index (χ4n) is 4.57. The van der Waals surface area contributed by atoms with Gasteiger partial charge in [0.25, 0.3) is 0 Å².